The molecule has 0 bridgehead atoms. The van der Waals surface area contributed by atoms with Gasteiger partial charge in [-0.2, -0.15) is 4.72 Å². The van der Waals surface area contributed by atoms with E-state index in [1.807, 2.05) is 0 Å². The fraction of sp³-hybridized carbons (Fsp3) is 0.176. The molecule has 2 aromatic rings. The lowest BCUT2D eigenvalue weighted by Crippen LogP contribution is -2.40. The van der Waals surface area contributed by atoms with Gasteiger partial charge in [0.05, 0.1) is 19.9 Å². The molecule has 0 aliphatic carbocycles. The van der Waals surface area contributed by atoms with Crippen LogP contribution in [0.1, 0.15) is 6.92 Å². The summed E-state index contributed by atoms with van der Waals surface area (Å²) in [5, 5.41) is 13.4. The Bertz CT molecular complexity index is 1090. The van der Waals surface area contributed by atoms with Gasteiger partial charge in [0.15, 0.2) is 6.61 Å². The number of nitro benzene ring substituents is 1. The minimum atomic E-state index is -4.12. The fourth-order valence-electron chi connectivity index (χ4n) is 2.18. The predicted octanol–water partition coefficient (Wildman–Crippen LogP) is 2.75. The molecule has 0 heterocycles. The van der Waals surface area contributed by atoms with E-state index in [0.29, 0.717) is 0 Å². The SMILES string of the molecule is C[C@H](NS(=O)(=O)c1ccc(Cl)c(Cl)c1)C(=O)OCC(=O)Nc1ccccc1[N+](=O)[O-]. The Morgan fingerprint density at radius 3 is 2.47 bits per heavy atom. The van der Waals surface area contributed by atoms with Crippen LogP contribution >= 0.6 is 23.2 Å². The largest absolute Gasteiger partial charge is 0.454 e. The summed E-state index contributed by atoms with van der Waals surface area (Å²) in [7, 11) is -4.12. The van der Waals surface area contributed by atoms with Gasteiger partial charge in [-0.15, -0.1) is 0 Å². The molecule has 2 rings (SSSR count). The number of esters is 1. The highest BCUT2D eigenvalue weighted by molar-refractivity contribution is 7.89. The van der Waals surface area contributed by atoms with Gasteiger partial charge in [0.2, 0.25) is 10.0 Å². The third-order valence-electron chi connectivity index (χ3n) is 3.61. The number of benzene rings is 2. The zero-order valence-electron chi connectivity index (χ0n) is 15.3. The van der Waals surface area contributed by atoms with Crippen molar-refractivity contribution in [1.29, 1.82) is 0 Å². The second-order valence-corrected chi connectivity index (χ2v) is 8.38. The summed E-state index contributed by atoms with van der Waals surface area (Å²) < 4.78 is 31.5. The highest BCUT2D eigenvalue weighted by Crippen LogP contribution is 2.25. The maximum Gasteiger partial charge on any atom is 0.324 e. The molecule has 0 aliphatic rings. The number of carbonyl (C=O) groups excluding carboxylic acids is 2. The number of halogens is 2. The van der Waals surface area contributed by atoms with Crippen LogP contribution in [0, 0.1) is 10.1 Å². The van der Waals surface area contributed by atoms with Gasteiger partial charge >= 0.3 is 5.97 Å². The van der Waals surface area contributed by atoms with E-state index in [4.69, 9.17) is 27.9 Å². The summed E-state index contributed by atoms with van der Waals surface area (Å²) in [4.78, 5) is 34.0. The molecule has 0 radical (unpaired) electrons. The topological polar surface area (TPSA) is 145 Å². The van der Waals surface area contributed by atoms with E-state index >= 15 is 0 Å². The van der Waals surface area contributed by atoms with Crippen molar-refractivity contribution in [3.63, 3.8) is 0 Å². The van der Waals surface area contributed by atoms with Gasteiger partial charge in [-0.25, -0.2) is 8.42 Å². The first kappa shape index (κ1) is 23.5. The zero-order chi connectivity index (χ0) is 22.5. The van der Waals surface area contributed by atoms with Gasteiger partial charge in [0, 0.05) is 6.07 Å². The molecule has 2 aromatic carbocycles. The lowest BCUT2D eigenvalue weighted by atomic mass is 10.2. The van der Waals surface area contributed by atoms with Crippen LogP contribution in [0.3, 0.4) is 0 Å². The molecule has 0 saturated carbocycles. The van der Waals surface area contributed by atoms with E-state index in [9.17, 15) is 28.1 Å². The van der Waals surface area contributed by atoms with Gasteiger partial charge in [0.1, 0.15) is 11.7 Å². The lowest BCUT2D eigenvalue weighted by molar-refractivity contribution is -0.383. The summed E-state index contributed by atoms with van der Waals surface area (Å²) in [5.41, 5.74) is -0.406. The molecule has 0 aromatic heterocycles. The normalized spacial score (nSPS) is 12.1. The average Bonchev–Trinajstić information content (AvgIpc) is 2.68. The number of hydrogen-bond acceptors (Lipinski definition) is 7. The molecule has 0 unspecified atom stereocenters. The Kier molecular flexibility index (Phi) is 7.73. The third-order valence-corrected chi connectivity index (χ3v) is 5.88. The minimum Gasteiger partial charge on any atom is -0.454 e. The Morgan fingerprint density at radius 2 is 1.83 bits per heavy atom. The van der Waals surface area contributed by atoms with E-state index in [2.05, 4.69) is 10.0 Å². The van der Waals surface area contributed by atoms with Gasteiger partial charge in [-0.3, -0.25) is 19.7 Å². The van der Waals surface area contributed by atoms with E-state index in [0.717, 1.165) is 6.07 Å². The van der Waals surface area contributed by atoms with Gasteiger partial charge < -0.3 is 10.1 Å². The van der Waals surface area contributed by atoms with Crippen LogP contribution in [0.4, 0.5) is 11.4 Å². The van der Waals surface area contributed by atoms with E-state index < -0.39 is 39.5 Å². The molecule has 0 spiro atoms. The summed E-state index contributed by atoms with van der Waals surface area (Å²) in [5.74, 6) is -1.87. The first-order valence-electron chi connectivity index (χ1n) is 8.18. The van der Waals surface area contributed by atoms with Gasteiger partial charge in [-0.05, 0) is 31.2 Å². The van der Waals surface area contributed by atoms with Crippen LogP contribution in [0.25, 0.3) is 0 Å². The van der Waals surface area contributed by atoms with E-state index in [-0.39, 0.29) is 26.3 Å². The lowest BCUT2D eigenvalue weighted by Gasteiger charge is -2.14. The molecule has 13 heteroatoms. The molecule has 2 N–H and O–H groups in total. The molecule has 160 valence electrons. The molecule has 30 heavy (non-hydrogen) atoms. The summed E-state index contributed by atoms with van der Waals surface area (Å²) in [6, 6.07) is 7.69. The first-order valence-corrected chi connectivity index (χ1v) is 10.4. The zero-order valence-corrected chi connectivity index (χ0v) is 17.6. The number of ether oxygens (including phenoxy) is 1. The Balaban J connectivity index is 1.95. The summed E-state index contributed by atoms with van der Waals surface area (Å²) in [6.07, 6.45) is 0. The molecule has 1 amide bonds. The maximum atomic E-state index is 12.3. The van der Waals surface area contributed by atoms with Crippen molar-refractivity contribution in [2.24, 2.45) is 0 Å². The predicted molar refractivity (Wildman–Crippen MR) is 109 cm³/mol. The molecule has 0 aliphatic heterocycles. The number of para-hydroxylation sites is 2. The van der Waals surface area contributed by atoms with Crippen molar-refractivity contribution < 1.29 is 27.7 Å². The molecule has 10 nitrogen and oxygen atoms in total. The standard InChI is InChI=1S/C17H15Cl2N3O7S/c1-10(21-30(27,28)11-6-7-12(18)13(19)8-11)17(24)29-9-16(23)20-14-4-2-3-5-15(14)22(25)26/h2-8,10,21H,9H2,1H3,(H,20,23)/t10-/m0/s1. The van der Waals surface area contributed by atoms with Crippen LogP contribution < -0.4 is 10.0 Å². The van der Waals surface area contributed by atoms with E-state index in [1.165, 1.54) is 43.3 Å². The van der Waals surface area contributed by atoms with Crippen molar-refractivity contribution in [1.82, 2.24) is 4.72 Å². The molecular weight excluding hydrogens is 461 g/mol. The number of rotatable bonds is 8. The number of anilines is 1. The Morgan fingerprint density at radius 1 is 1.17 bits per heavy atom. The smallest absolute Gasteiger partial charge is 0.324 e. The van der Waals surface area contributed by atoms with Crippen molar-refractivity contribution in [3.05, 3.63) is 62.6 Å². The number of nitrogens with zero attached hydrogens (tertiary/aromatic N) is 1. The van der Waals surface area contributed by atoms with Crippen LogP contribution in [0.5, 0.6) is 0 Å². The van der Waals surface area contributed by atoms with Crippen molar-refractivity contribution >= 4 is 56.5 Å². The second-order valence-electron chi connectivity index (χ2n) is 5.85. The van der Waals surface area contributed by atoms with Crippen LogP contribution in [0.15, 0.2) is 47.4 Å². The van der Waals surface area contributed by atoms with Crippen LogP contribution in [-0.2, 0) is 24.3 Å². The average molecular weight is 476 g/mol. The van der Waals surface area contributed by atoms with Crippen LogP contribution in [0.2, 0.25) is 10.0 Å². The maximum absolute atomic E-state index is 12.3. The second kappa shape index (κ2) is 9.85. The minimum absolute atomic E-state index is 0.0152. The number of sulfonamides is 1. The van der Waals surface area contributed by atoms with Crippen molar-refractivity contribution in [2.75, 3.05) is 11.9 Å². The molecular formula is C17H15Cl2N3O7S. The quantitative estimate of drug-likeness (QED) is 0.339. The summed E-state index contributed by atoms with van der Waals surface area (Å²) in [6.45, 7) is 0.446. The monoisotopic (exact) mass is 475 g/mol. The molecule has 0 saturated heterocycles. The summed E-state index contributed by atoms with van der Waals surface area (Å²) >= 11 is 11.5. The number of hydrogen-bond donors (Lipinski definition) is 2. The third kappa shape index (κ3) is 6.13. The highest BCUT2D eigenvalue weighted by Gasteiger charge is 2.24. The van der Waals surface area contributed by atoms with Crippen molar-refractivity contribution in [2.45, 2.75) is 17.9 Å². The highest BCUT2D eigenvalue weighted by atomic mass is 35.5. The van der Waals surface area contributed by atoms with E-state index in [1.54, 1.807) is 0 Å². The first-order chi connectivity index (χ1) is 14.0. The number of carbonyl (C=O) groups is 2. The van der Waals surface area contributed by atoms with Crippen molar-refractivity contribution in [3.8, 4) is 0 Å². The van der Waals surface area contributed by atoms with Gasteiger partial charge in [-0.1, -0.05) is 35.3 Å². The van der Waals surface area contributed by atoms with Gasteiger partial charge in [0.25, 0.3) is 11.6 Å². The van der Waals surface area contributed by atoms with Crippen LogP contribution in [-0.4, -0.2) is 37.9 Å². The molecule has 0 fully saturated rings. The number of nitro groups is 1. The Labute approximate surface area is 181 Å². The Hall–Kier alpha value is -2.73. The fourth-order valence-corrected chi connectivity index (χ4v) is 3.76. The molecule has 1 atom stereocenters. The number of nitrogens with one attached hydrogen (secondary N) is 2. The number of amides is 1.